The van der Waals surface area contributed by atoms with Crippen molar-refractivity contribution in [3.05, 3.63) is 71.9 Å². The molecule has 1 amide bonds. The van der Waals surface area contributed by atoms with Crippen LogP contribution in [-0.4, -0.2) is 16.0 Å². The summed E-state index contributed by atoms with van der Waals surface area (Å²) in [7, 11) is 0. The number of carbonyl (C=O) groups excluding carboxylic acids is 1. The van der Waals surface area contributed by atoms with Crippen LogP contribution in [0.3, 0.4) is 0 Å². The van der Waals surface area contributed by atoms with Gasteiger partial charge in [0.15, 0.2) is 0 Å². The van der Waals surface area contributed by atoms with E-state index in [1.54, 1.807) is 43.3 Å². The van der Waals surface area contributed by atoms with Crippen LogP contribution in [0.2, 0.25) is 0 Å². The zero-order valence-corrected chi connectivity index (χ0v) is 12.4. The number of halogens is 1. The quantitative estimate of drug-likeness (QED) is 0.802. The molecular formula is C17H14FN3O2. The molecule has 0 unspecified atom stereocenters. The predicted molar refractivity (Wildman–Crippen MR) is 82.0 cm³/mol. The van der Waals surface area contributed by atoms with E-state index in [1.807, 2.05) is 6.07 Å². The Morgan fingerprint density at radius 1 is 1.13 bits per heavy atom. The first kappa shape index (κ1) is 14.9. The van der Waals surface area contributed by atoms with Crippen molar-refractivity contribution >= 4 is 5.91 Å². The van der Waals surface area contributed by atoms with Crippen molar-refractivity contribution in [2.45, 2.75) is 13.0 Å². The van der Waals surface area contributed by atoms with Crippen molar-refractivity contribution in [2.75, 3.05) is 0 Å². The van der Waals surface area contributed by atoms with E-state index in [2.05, 4.69) is 15.5 Å². The number of aromatic nitrogens is 2. The Morgan fingerprint density at radius 3 is 2.52 bits per heavy atom. The van der Waals surface area contributed by atoms with Crippen molar-refractivity contribution in [1.29, 1.82) is 0 Å². The molecule has 1 aromatic heterocycles. The summed E-state index contributed by atoms with van der Waals surface area (Å²) in [5, 5.41) is 6.65. The van der Waals surface area contributed by atoms with Gasteiger partial charge in [0.2, 0.25) is 11.7 Å². The van der Waals surface area contributed by atoms with Gasteiger partial charge in [0, 0.05) is 11.1 Å². The molecule has 3 aromatic rings. The van der Waals surface area contributed by atoms with Gasteiger partial charge in [-0.05, 0) is 43.3 Å². The second-order valence-electron chi connectivity index (χ2n) is 5.02. The number of amides is 1. The minimum Gasteiger partial charge on any atom is -0.341 e. The van der Waals surface area contributed by atoms with Gasteiger partial charge in [-0.15, -0.1) is 0 Å². The summed E-state index contributed by atoms with van der Waals surface area (Å²) in [5.74, 6) is 0.0787. The van der Waals surface area contributed by atoms with Gasteiger partial charge in [-0.25, -0.2) is 4.39 Å². The number of nitrogens with one attached hydrogen (secondary N) is 1. The molecule has 1 heterocycles. The lowest BCUT2D eigenvalue weighted by molar-refractivity contribution is 0.0932. The molecule has 116 valence electrons. The summed E-state index contributed by atoms with van der Waals surface area (Å²) in [6.07, 6.45) is 0. The minimum atomic E-state index is -0.440. The standard InChI is InChI=1S/C17H14FN3O2/c1-11(19-16(22)13-5-3-2-4-6-13)17-20-15(21-23-17)12-7-9-14(18)10-8-12/h2-11H,1H3,(H,19,22)/t11-/m1/s1. The van der Waals surface area contributed by atoms with Gasteiger partial charge in [-0.1, -0.05) is 23.4 Å². The van der Waals surface area contributed by atoms with E-state index < -0.39 is 6.04 Å². The molecule has 3 rings (SSSR count). The highest BCUT2D eigenvalue weighted by Crippen LogP contribution is 2.19. The molecule has 0 bridgehead atoms. The lowest BCUT2D eigenvalue weighted by atomic mass is 10.2. The maximum Gasteiger partial charge on any atom is 0.251 e. The van der Waals surface area contributed by atoms with Crippen molar-refractivity contribution in [3.63, 3.8) is 0 Å². The van der Waals surface area contributed by atoms with Crippen LogP contribution in [0.5, 0.6) is 0 Å². The molecule has 6 heteroatoms. The Labute approximate surface area is 132 Å². The molecule has 0 spiro atoms. The first-order chi connectivity index (χ1) is 11.1. The van der Waals surface area contributed by atoms with Gasteiger partial charge >= 0.3 is 0 Å². The Kier molecular flexibility index (Phi) is 4.14. The number of nitrogens with zero attached hydrogens (tertiary/aromatic N) is 2. The van der Waals surface area contributed by atoms with Crippen LogP contribution in [0.25, 0.3) is 11.4 Å². The van der Waals surface area contributed by atoms with E-state index in [0.717, 1.165) is 0 Å². The highest BCUT2D eigenvalue weighted by Gasteiger charge is 2.18. The highest BCUT2D eigenvalue weighted by atomic mass is 19.1. The predicted octanol–water partition coefficient (Wildman–Crippen LogP) is 3.37. The fourth-order valence-electron chi connectivity index (χ4n) is 2.06. The van der Waals surface area contributed by atoms with E-state index in [4.69, 9.17) is 4.52 Å². The molecule has 1 N–H and O–H groups in total. The fourth-order valence-corrected chi connectivity index (χ4v) is 2.06. The van der Waals surface area contributed by atoms with Gasteiger partial charge in [-0.3, -0.25) is 4.79 Å². The van der Waals surface area contributed by atoms with Crippen molar-refractivity contribution in [1.82, 2.24) is 15.5 Å². The molecule has 0 saturated heterocycles. The normalized spacial score (nSPS) is 11.9. The third-order valence-electron chi connectivity index (χ3n) is 3.30. The number of hydrogen-bond acceptors (Lipinski definition) is 4. The summed E-state index contributed by atoms with van der Waals surface area (Å²) >= 11 is 0. The topological polar surface area (TPSA) is 68.0 Å². The summed E-state index contributed by atoms with van der Waals surface area (Å²) in [6.45, 7) is 1.75. The molecule has 0 aliphatic heterocycles. The van der Waals surface area contributed by atoms with Gasteiger partial charge in [-0.2, -0.15) is 4.98 Å². The Hall–Kier alpha value is -3.02. The van der Waals surface area contributed by atoms with Gasteiger partial charge in [0.1, 0.15) is 11.9 Å². The van der Waals surface area contributed by atoms with E-state index in [-0.39, 0.29) is 17.6 Å². The third-order valence-corrected chi connectivity index (χ3v) is 3.30. The first-order valence-electron chi connectivity index (χ1n) is 7.09. The Morgan fingerprint density at radius 2 is 1.83 bits per heavy atom. The molecule has 2 aromatic carbocycles. The molecule has 0 radical (unpaired) electrons. The van der Waals surface area contributed by atoms with Crippen LogP contribution >= 0.6 is 0 Å². The van der Waals surface area contributed by atoms with Gasteiger partial charge < -0.3 is 9.84 Å². The maximum absolute atomic E-state index is 12.9. The van der Waals surface area contributed by atoms with E-state index >= 15 is 0 Å². The van der Waals surface area contributed by atoms with Crippen LogP contribution in [0.15, 0.2) is 59.1 Å². The Bertz CT molecular complexity index is 800. The van der Waals surface area contributed by atoms with Crippen LogP contribution in [0, 0.1) is 5.82 Å². The number of carbonyl (C=O) groups is 1. The van der Waals surface area contributed by atoms with Crippen LogP contribution in [-0.2, 0) is 0 Å². The van der Waals surface area contributed by atoms with Crippen molar-refractivity contribution < 1.29 is 13.7 Å². The molecule has 0 aliphatic rings. The maximum atomic E-state index is 12.9. The summed E-state index contributed by atoms with van der Waals surface area (Å²) in [5.41, 5.74) is 1.20. The van der Waals surface area contributed by atoms with Crippen molar-refractivity contribution in [2.24, 2.45) is 0 Å². The third kappa shape index (κ3) is 3.42. The van der Waals surface area contributed by atoms with Crippen LogP contribution in [0.4, 0.5) is 4.39 Å². The number of rotatable bonds is 4. The largest absolute Gasteiger partial charge is 0.341 e. The second-order valence-corrected chi connectivity index (χ2v) is 5.02. The SMILES string of the molecule is C[C@@H](NC(=O)c1ccccc1)c1nc(-c2ccc(F)cc2)no1. The monoisotopic (exact) mass is 311 g/mol. The van der Waals surface area contributed by atoms with Gasteiger partial charge in [0.25, 0.3) is 5.91 Å². The molecule has 5 nitrogen and oxygen atoms in total. The first-order valence-corrected chi connectivity index (χ1v) is 7.09. The van der Waals surface area contributed by atoms with Crippen LogP contribution in [0.1, 0.15) is 29.2 Å². The average Bonchev–Trinajstić information content (AvgIpc) is 3.06. The lowest BCUT2D eigenvalue weighted by Gasteiger charge is -2.09. The smallest absolute Gasteiger partial charge is 0.251 e. The highest BCUT2D eigenvalue weighted by molar-refractivity contribution is 5.94. The van der Waals surface area contributed by atoms with E-state index in [9.17, 15) is 9.18 Å². The Balaban J connectivity index is 1.72. The lowest BCUT2D eigenvalue weighted by Crippen LogP contribution is -2.26. The molecule has 0 aliphatic carbocycles. The summed E-state index contributed by atoms with van der Waals surface area (Å²) < 4.78 is 18.1. The summed E-state index contributed by atoms with van der Waals surface area (Å²) in [6, 6.07) is 14.2. The zero-order valence-electron chi connectivity index (χ0n) is 12.4. The fraction of sp³-hybridized carbons (Fsp3) is 0.118. The number of hydrogen-bond donors (Lipinski definition) is 1. The van der Waals surface area contributed by atoms with Gasteiger partial charge in [0.05, 0.1) is 0 Å². The molecule has 1 atom stereocenters. The minimum absolute atomic E-state index is 0.223. The van der Waals surface area contributed by atoms with Crippen molar-refractivity contribution in [3.8, 4) is 11.4 Å². The second kappa shape index (κ2) is 6.39. The molecular weight excluding hydrogens is 297 g/mol. The van der Waals surface area contributed by atoms with E-state index in [1.165, 1.54) is 12.1 Å². The van der Waals surface area contributed by atoms with Crippen LogP contribution < -0.4 is 5.32 Å². The molecule has 23 heavy (non-hydrogen) atoms. The van der Waals surface area contributed by atoms with E-state index in [0.29, 0.717) is 17.0 Å². The number of benzene rings is 2. The molecule has 0 saturated carbocycles. The summed E-state index contributed by atoms with van der Waals surface area (Å²) in [4.78, 5) is 16.3. The molecule has 0 fully saturated rings. The zero-order chi connectivity index (χ0) is 16.2. The average molecular weight is 311 g/mol.